The fraction of sp³-hybridized carbons (Fsp3) is 0.133. The molecular weight excluding hydrogens is 307 g/mol. The summed E-state index contributed by atoms with van der Waals surface area (Å²) >= 11 is 0. The molecule has 0 aliphatic heterocycles. The van der Waals surface area contributed by atoms with E-state index in [-0.39, 0.29) is 0 Å². The molecule has 2 aromatic carbocycles. The number of hydrogen-bond acceptors (Lipinski definition) is 3. The van der Waals surface area contributed by atoms with E-state index in [0.717, 1.165) is 10.6 Å². The third-order valence-electron chi connectivity index (χ3n) is 3.07. The molecule has 1 amide bonds. The molecule has 0 radical (unpaired) electrons. The third kappa shape index (κ3) is 3.82. The Morgan fingerprint density at radius 2 is 1.77 bits per heavy atom. The fourth-order valence-electron chi connectivity index (χ4n) is 1.78. The van der Waals surface area contributed by atoms with Gasteiger partial charge in [-0.2, -0.15) is 0 Å². The van der Waals surface area contributed by atoms with Gasteiger partial charge in [0, 0.05) is 18.3 Å². The first kappa shape index (κ1) is 16.0. The summed E-state index contributed by atoms with van der Waals surface area (Å²) in [5.74, 6) is -0.826. The highest BCUT2D eigenvalue weighted by Gasteiger charge is 2.13. The number of anilines is 2. The maximum Gasteiger partial charge on any atom is 0.255 e. The van der Waals surface area contributed by atoms with Crippen molar-refractivity contribution in [3.05, 3.63) is 59.9 Å². The van der Waals surface area contributed by atoms with Gasteiger partial charge in [-0.05, 0) is 42.5 Å². The van der Waals surface area contributed by atoms with Crippen LogP contribution in [0, 0.1) is 5.82 Å². The predicted octanol–water partition coefficient (Wildman–Crippen LogP) is 2.47. The highest BCUT2D eigenvalue weighted by atomic mass is 32.2. The lowest BCUT2D eigenvalue weighted by Gasteiger charge is -2.17. The van der Waals surface area contributed by atoms with Crippen molar-refractivity contribution >= 4 is 27.3 Å². The van der Waals surface area contributed by atoms with Gasteiger partial charge >= 0.3 is 0 Å². The van der Waals surface area contributed by atoms with Gasteiger partial charge in [-0.15, -0.1) is 0 Å². The van der Waals surface area contributed by atoms with E-state index in [2.05, 4.69) is 5.32 Å². The molecule has 5 nitrogen and oxygen atoms in total. The number of nitrogens with one attached hydrogen (secondary N) is 1. The van der Waals surface area contributed by atoms with Crippen LogP contribution < -0.4 is 9.62 Å². The van der Waals surface area contributed by atoms with Gasteiger partial charge in [0.05, 0.1) is 11.9 Å². The topological polar surface area (TPSA) is 66.5 Å². The maximum atomic E-state index is 12.8. The zero-order valence-corrected chi connectivity index (χ0v) is 12.9. The summed E-state index contributed by atoms with van der Waals surface area (Å²) in [6.07, 6.45) is 1.09. The van der Waals surface area contributed by atoms with Gasteiger partial charge in [-0.3, -0.25) is 9.10 Å². The Kier molecular flexibility index (Phi) is 4.46. The van der Waals surface area contributed by atoms with Crippen LogP contribution in [0.4, 0.5) is 15.8 Å². The Morgan fingerprint density at radius 3 is 2.36 bits per heavy atom. The van der Waals surface area contributed by atoms with Crippen molar-refractivity contribution in [3.63, 3.8) is 0 Å². The van der Waals surface area contributed by atoms with Crippen molar-refractivity contribution in [1.29, 1.82) is 0 Å². The number of carbonyl (C=O) groups is 1. The van der Waals surface area contributed by atoms with Gasteiger partial charge in [-0.25, -0.2) is 12.8 Å². The first-order chi connectivity index (χ1) is 10.3. The largest absolute Gasteiger partial charge is 0.322 e. The number of nitrogens with zero attached hydrogens (tertiary/aromatic N) is 1. The van der Waals surface area contributed by atoms with Gasteiger partial charge in [0.2, 0.25) is 10.0 Å². The molecule has 7 heteroatoms. The Hall–Kier alpha value is -2.41. The van der Waals surface area contributed by atoms with Crippen LogP contribution in [0.5, 0.6) is 0 Å². The van der Waals surface area contributed by atoms with Crippen molar-refractivity contribution < 1.29 is 17.6 Å². The average molecular weight is 322 g/mol. The molecule has 0 aromatic heterocycles. The SMILES string of the molecule is CN(c1cccc(NC(=O)c2ccc(F)cc2)c1)S(C)(=O)=O. The van der Waals surface area contributed by atoms with Crippen molar-refractivity contribution in [1.82, 2.24) is 0 Å². The van der Waals surface area contributed by atoms with Crippen LogP contribution in [0.1, 0.15) is 10.4 Å². The second-order valence-electron chi connectivity index (χ2n) is 4.74. The minimum Gasteiger partial charge on any atom is -0.322 e. The monoisotopic (exact) mass is 322 g/mol. The number of hydrogen-bond donors (Lipinski definition) is 1. The summed E-state index contributed by atoms with van der Waals surface area (Å²) in [6, 6.07) is 11.6. The zero-order valence-electron chi connectivity index (χ0n) is 12.1. The second kappa shape index (κ2) is 6.15. The average Bonchev–Trinajstić information content (AvgIpc) is 2.46. The molecule has 0 aliphatic carbocycles. The molecule has 0 bridgehead atoms. The molecule has 0 atom stereocenters. The Labute approximate surface area is 128 Å². The Morgan fingerprint density at radius 1 is 1.14 bits per heavy atom. The lowest BCUT2D eigenvalue weighted by atomic mass is 10.2. The molecular formula is C15H15FN2O3S. The predicted molar refractivity (Wildman–Crippen MR) is 84.0 cm³/mol. The molecule has 0 spiro atoms. The molecule has 22 heavy (non-hydrogen) atoms. The normalized spacial score (nSPS) is 11.0. The molecule has 1 N–H and O–H groups in total. The molecule has 2 aromatic rings. The summed E-state index contributed by atoms with van der Waals surface area (Å²) in [6.45, 7) is 0. The van der Waals surface area contributed by atoms with E-state index in [1.54, 1.807) is 24.3 Å². The minimum atomic E-state index is -3.38. The van der Waals surface area contributed by atoms with E-state index in [1.807, 2.05) is 0 Å². The van der Waals surface area contributed by atoms with E-state index in [4.69, 9.17) is 0 Å². The highest BCUT2D eigenvalue weighted by molar-refractivity contribution is 7.92. The van der Waals surface area contributed by atoms with E-state index in [9.17, 15) is 17.6 Å². The minimum absolute atomic E-state index is 0.309. The summed E-state index contributed by atoms with van der Waals surface area (Å²) in [5.41, 5.74) is 1.19. The summed E-state index contributed by atoms with van der Waals surface area (Å²) in [5, 5.41) is 2.64. The molecule has 0 unspecified atom stereocenters. The Bertz CT molecular complexity index is 789. The van der Waals surface area contributed by atoms with Gasteiger partial charge < -0.3 is 5.32 Å². The number of amides is 1. The van der Waals surface area contributed by atoms with Crippen LogP contribution in [0.15, 0.2) is 48.5 Å². The fourth-order valence-corrected chi connectivity index (χ4v) is 2.27. The quantitative estimate of drug-likeness (QED) is 0.940. The van der Waals surface area contributed by atoms with Gasteiger partial charge in [0.1, 0.15) is 5.82 Å². The first-order valence-corrected chi connectivity index (χ1v) is 8.23. The molecule has 0 aliphatic rings. The van der Waals surface area contributed by atoms with Crippen molar-refractivity contribution in [2.24, 2.45) is 0 Å². The number of sulfonamides is 1. The van der Waals surface area contributed by atoms with Gasteiger partial charge in [0.25, 0.3) is 5.91 Å². The zero-order chi connectivity index (χ0) is 16.3. The van der Waals surface area contributed by atoms with Crippen LogP contribution in [0.25, 0.3) is 0 Å². The van der Waals surface area contributed by atoms with Crippen LogP contribution >= 0.6 is 0 Å². The molecule has 0 fully saturated rings. The van der Waals surface area contributed by atoms with Crippen LogP contribution in [-0.2, 0) is 10.0 Å². The summed E-state index contributed by atoms with van der Waals surface area (Å²) < 4.78 is 37.0. The molecule has 0 saturated heterocycles. The van der Waals surface area contributed by atoms with Gasteiger partial charge in [-0.1, -0.05) is 6.07 Å². The molecule has 2 rings (SSSR count). The first-order valence-electron chi connectivity index (χ1n) is 6.38. The summed E-state index contributed by atoms with van der Waals surface area (Å²) in [4.78, 5) is 12.0. The molecule has 0 heterocycles. The third-order valence-corrected chi connectivity index (χ3v) is 4.28. The smallest absolute Gasteiger partial charge is 0.255 e. The van der Waals surface area contributed by atoms with Crippen molar-refractivity contribution in [2.45, 2.75) is 0 Å². The molecule has 0 saturated carbocycles. The number of rotatable bonds is 4. The number of halogens is 1. The lowest BCUT2D eigenvalue weighted by Crippen LogP contribution is -2.24. The van der Waals surface area contributed by atoms with E-state index >= 15 is 0 Å². The van der Waals surface area contributed by atoms with Crippen LogP contribution in [-0.4, -0.2) is 27.6 Å². The van der Waals surface area contributed by atoms with Crippen LogP contribution in [0.3, 0.4) is 0 Å². The standard InChI is InChI=1S/C15H15FN2O3S/c1-18(22(2,20)21)14-5-3-4-13(10-14)17-15(19)11-6-8-12(16)9-7-11/h3-10H,1-2H3,(H,17,19). The van der Waals surface area contributed by atoms with Gasteiger partial charge in [0.15, 0.2) is 0 Å². The van der Waals surface area contributed by atoms with Crippen molar-refractivity contribution in [3.8, 4) is 0 Å². The van der Waals surface area contributed by atoms with Crippen molar-refractivity contribution in [2.75, 3.05) is 22.9 Å². The Balaban J connectivity index is 2.20. The maximum absolute atomic E-state index is 12.8. The van der Waals surface area contributed by atoms with E-state index in [1.165, 1.54) is 31.3 Å². The lowest BCUT2D eigenvalue weighted by molar-refractivity contribution is 0.102. The number of benzene rings is 2. The van der Waals surface area contributed by atoms with E-state index < -0.39 is 21.7 Å². The van der Waals surface area contributed by atoms with E-state index in [0.29, 0.717) is 16.9 Å². The highest BCUT2D eigenvalue weighted by Crippen LogP contribution is 2.20. The second-order valence-corrected chi connectivity index (χ2v) is 6.76. The van der Waals surface area contributed by atoms with Crippen LogP contribution in [0.2, 0.25) is 0 Å². The number of carbonyl (C=O) groups excluding carboxylic acids is 1. The molecule has 116 valence electrons. The summed E-state index contributed by atoms with van der Waals surface area (Å²) in [7, 11) is -1.95.